The van der Waals surface area contributed by atoms with Crippen molar-refractivity contribution in [1.82, 2.24) is 9.78 Å². The van der Waals surface area contributed by atoms with Gasteiger partial charge >= 0.3 is 0 Å². The van der Waals surface area contributed by atoms with Crippen LogP contribution in [0.4, 0.5) is 5.69 Å². The Bertz CT molecular complexity index is 938. The van der Waals surface area contributed by atoms with Crippen LogP contribution in [0, 0.1) is 6.92 Å². The predicted octanol–water partition coefficient (Wildman–Crippen LogP) is 3.63. The van der Waals surface area contributed by atoms with Crippen LogP contribution in [0.3, 0.4) is 0 Å². The van der Waals surface area contributed by atoms with Gasteiger partial charge in [0.2, 0.25) is 0 Å². The van der Waals surface area contributed by atoms with Gasteiger partial charge in [-0.3, -0.25) is 4.72 Å². The van der Waals surface area contributed by atoms with E-state index in [0.29, 0.717) is 11.4 Å². The van der Waals surface area contributed by atoms with Crippen molar-refractivity contribution in [1.29, 1.82) is 0 Å². The Balaban J connectivity index is 2.02. The second-order valence-electron chi connectivity index (χ2n) is 5.01. The number of para-hydroxylation sites is 2. The van der Waals surface area contributed by atoms with Crippen LogP contribution in [0.25, 0.3) is 5.69 Å². The standard InChI is InChI=1S/C16H14ClN3O2S/c1-12-7-8-16(13(17)11-12)23(21,22)19-14-5-2-3-6-15(14)20-10-4-9-18-20/h2-11,19H,1H3. The topological polar surface area (TPSA) is 64.0 Å². The van der Waals surface area contributed by atoms with Crippen molar-refractivity contribution in [2.45, 2.75) is 11.8 Å². The maximum Gasteiger partial charge on any atom is 0.263 e. The number of sulfonamides is 1. The molecule has 0 saturated heterocycles. The molecule has 0 radical (unpaired) electrons. The van der Waals surface area contributed by atoms with Crippen LogP contribution in [0.1, 0.15) is 5.56 Å². The first-order valence-electron chi connectivity index (χ1n) is 6.85. The SMILES string of the molecule is Cc1ccc(S(=O)(=O)Nc2ccccc2-n2cccn2)c(Cl)c1. The quantitative estimate of drug-likeness (QED) is 0.783. The summed E-state index contributed by atoms with van der Waals surface area (Å²) in [4.78, 5) is 0.0417. The lowest BCUT2D eigenvalue weighted by molar-refractivity contribution is 0.601. The largest absolute Gasteiger partial charge is 0.277 e. The van der Waals surface area contributed by atoms with Gasteiger partial charge in [-0.05, 0) is 42.8 Å². The molecular formula is C16H14ClN3O2S. The summed E-state index contributed by atoms with van der Waals surface area (Å²) in [5.74, 6) is 0. The van der Waals surface area contributed by atoms with E-state index in [1.807, 2.05) is 13.0 Å². The molecule has 0 saturated carbocycles. The van der Waals surface area contributed by atoms with E-state index in [9.17, 15) is 8.42 Å². The molecule has 0 spiro atoms. The van der Waals surface area contributed by atoms with Crippen molar-refractivity contribution in [2.75, 3.05) is 4.72 Å². The molecule has 1 aromatic heterocycles. The number of hydrogen-bond donors (Lipinski definition) is 1. The highest BCUT2D eigenvalue weighted by Gasteiger charge is 2.19. The van der Waals surface area contributed by atoms with Crippen LogP contribution in [-0.4, -0.2) is 18.2 Å². The van der Waals surface area contributed by atoms with E-state index >= 15 is 0 Å². The Morgan fingerprint density at radius 2 is 1.91 bits per heavy atom. The summed E-state index contributed by atoms with van der Waals surface area (Å²) in [5.41, 5.74) is 1.95. The number of nitrogens with one attached hydrogen (secondary N) is 1. The fraction of sp³-hybridized carbons (Fsp3) is 0.0625. The number of halogens is 1. The highest BCUT2D eigenvalue weighted by atomic mass is 35.5. The smallest absolute Gasteiger partial charge is 0.263 e. The fourth-order valence-corrected chi connectivity index (χ4v) is 3.87. The van der Waals surface area contributed by atoms with Crippen molar-refractivity contribution < 1.29 is 8.42 Å². The van der Waals surface area contributed by atoms with Gasteiger partial charge in [-0.2, -0.15) is 5.10 Å². The highest BCUT2D eigenvalue weighted by molar-refractivity contribution is 7.92. The number of hydrogen-bond acceptors (Lipinski definition) is 3. The molecule has 0 aliphatic carbocycles. The zero-order valence-electron chi connectivity index (χ0n) is 12.3. The van der Waals surface area contributed by atoms with Crippen molar-refractivity contribution in [3.8, 4) is 5.69 Å². The summed E-state index contributed by atoms with van der Waals surface area (Å²) in [6, 6.07) is 13.6. The molecule has 0 fully saturated rings. The molecule has 0 unspecified atom stereocenters. The van der Waals surface area contributed by atoms with Crippen LogP contribution in [0.15, 0.2) is 65.8 Å². The average molecular weight is 348 g/mol. The third kappa shape index (κ3) is 3.23. The molecule has 23 heavy (non-hydrogen) atoms. The summed E-state index contributed by atoms with van der Waals surface area (Å²) in [5, 5.41) is 4.32. The lowest BCUT2D eigenvalue weighted by atomic mass is 10.2. The van der Waals surface area contributed by atoms with E-state index in [-0.39, 0.29) is 9.92 Å². The Hall–Kier alpha value is -2.31. The van der Waals surface area contributed by atoms with Gasteiger partial charge in [-0.15, -0.1) is 0 Å². The molecule has 0 bridgehead atoms. The molecular weight excluding hydrogens is 334 g/mol. The Morgan fingerprint density at radius 1 is 1.13 bits per heavy atom. The van der Waals surface area contributed by atoms with E-state index in [0.717, 1.165) is 5.56 Å². The number of benzene rings is 2. The van der Waals surface area contributed by atoms with Gasteiger partial charge < -0.3 is 0 Å². The van der Waals surface area contributed by atoms with Crippen LogP contribution in [0.5, 0.6) is 0 Å². The molecule has 1 heterocycles. The number of aryl methyl sites for hydroxylation is 1. The number of rotatable bonds is 4. The maximum atomic E-state index is 12.6. The van der Waals surface area contributed by atoms with E-state index in [2.05, 4.69) is 9.82 Å². The van der Waals surface area contributed by atoms with Gasteiger partial charge in [0.15, 0.2) is 0 Å². The Labute approximate surface area is 139 Å². The molecule has 5 nitrogen and oxygen atoms in total. The van der Waals surface area contributed by atoms with Crippen LogP contribution >= 0.6 is 11.6 Å². The molecule has 3 rings (SSSR count). The molecule has 7 heteroatoms. The summed E-state index contributed by atoms with van der Waals surface area (Å²) in [6.07, 6.45) is 3.37. The van der Waals surface area contributed by atoms with Crippen LogP contribution < -0.4 is 4.72 Å². The number of aromatic nitrogens is 2. The van der Waals surface area contributed by atoms with Crippen LogP contribution in [-0.2, 0) is 10.0 Å². The number of nitrogens with zero attached hydrogens (tertiary/aromatic N) is 2. The summed E-state index contributed by atoms with van der Waals surface area (Å²) in [7, 11) is -3.80. The monoisotopic (exact) mass is 347 g/mol. The molecule has 0 aliphatic rings. The minimum atomic E-state index is -3.80. The van der Waals surface area contributed by atoms with Crippen molar-refractivity contribution in [3.63, 3.8) is 0 Å². The second-order valence-corrected chi connectivity index (χ2v) is 7.07. The zero-order chi connectivity index (χ0) is 16.4. The second kappa shape index (κ2) is 6.06. The van der Waals surface area contributed by atoms with Crippen LogP contribution in [0.2, 0.25) is 5.02 Å². The molecule has 1 N–H and O–H groups in total. The zero-order valence-corrected chi connectivity index (χ0v) is 13.8. The molecule has 118 valence electrons. The minimum Gasteiger partial charge on any atom is -0.277 e. The first kappa shape index (κ1) is 15.6. The van der Waals surface area contributed by atoms with E-state index < -0.39 is 10.0 Å². The predicted molar refractivity (Wildman–Crippen MR) is 90.6 cm³/mol. The summed E-state index contributed by atoms with van der Waals surface area (Å²) >= 11 is 6.08. The molecule has 2 aromatic carbocycles. The Morgan fingerprint density at radius 3 is 2.61 bits per heavy atom. The van der Waals surface area contributed by atoms with Crippen molar-refractivity contribution >= 4 is 27.3 Å². The third-order valence-electron chi connectivity index (χ3n) is 3.28. The van der Waals surface area contributed by atoms with E-state index in [1.54, 1.807) is 53.5 Å². The van der Waals surface area contributed by atoms with Gasteiger partial charge in [0.1, 0.15) is 4.90 Å². The third-order valence-corrected chi connectivity index (χ3v) is 5.12. The van der Waals surface area contributed by atoms with Gasteiger partial charge in [-0.1, -0.05) is 29.8 Å². The lowest BCUT2D eigenvalue weighted by Crippen LogP contribution is -2.15. The first-order valence-corrected chi connectivity index (χ1v) is 8.71. The minimum absolute atomic E-state index is 0.0417. The molecule has 0 amide bonds. The van der Waals surface area contributed by atoms with Gasteiger partial charge in [0.25, 0.3) is 10.0 Å². The maximum absolute atomic E-state index is 12.6. The summed E-state index contributed by atoms with van der Waals surface area (Å²) in [6.45, 7) is 1.85. The first-order chi connectivity index (χ1) is 11.0. The van der Waals surface area contributed by atoms with Crippen molar-refractivity contribution in [2.24, 2.45) is 0 Å². The van der Waals surface area contributed by atoms with E-state index in [4.69, 9.17) is 11.6 Å². The number of anilines is 1. The molecule has 0 atom stereocenters. The van der Waals surface area contributed by atoms with Crippen molar-refractivity contribution in [3.05, 3.63) is 71.5 Å². The van der Waals surface area contributed by atoms with Gasteiger partial charge in [0, 0.05) is 12.4 Å². The molecule has 0 aliphatic heterocycles. The average Bonchev–Trinajstić information content (AvgIpc) is 3.01. The van der Waals surface area contributed by atoms with Gasteiger partial charge in [-0.25, -0.2) is 13.1 Å². The normalized spacial score (nSPS) is 11.4. The lowest BCUT2D eigenvalue weighted by Gasteiger charge is -2.13. The Kier molecular flexibility index (Phi) is 4.11. The highest BCUT2D eigenvalue weighted by Crippen LogP contribution is 2.27. The fourth-order valence-electron chi connectivity index (χ4n) is 2.19. The molecule has 3 aromatic rings. The summed E-state index contributed by atoms with van der Waals surface area (Å²) < 4.78 is 29.4. The van der Waals surface area contributed by atoms with Gasteiger partial charge in [0.05, 0.1) is 16.4 Å². The van der Waals surface area contributed by atoms with E-state index in [1.165, 1.54) is 6.07 Å².